The maximum absolute atomic E-state index is 12.6. The minimum atomic E-state index is -3.25. The number of aromatic nitrogens is 3. The molecule has 2 aromatic heterocycles. The highest BCUT2D eigenvalue weighted by molar-refractivity contribution is 7.88. The topological polar surface area (TPSA) is 108 Å². The van der Waals surface area contributed by atoms with E-state index in [1.807, 2.05) is 13.8 Å². The lowest BCUT2D eigenvalue weighted by Gasteiger charge is -2.27. The lowest BCUT2D eigenvalue weighted by atomic mass is 9.98. The van der Waals surface area contributed by atoms with Gasteiger partial charge in [-0.05, 0) is 43.4 Å². The van der Waals surface area contributed by atoms with E-state index in [0.29, 0.717) is 31.5 Å². The molecule has 0 fully saturated rings. The molecule has 0 aliphatic carbocycles. The predicted molar refractivity (Wildman–Crippen MR) is 97.3 cm³/mol. The van der Waals surface area contributed by atoms with Crippen molar-refractivity contribution in [3.8, 4) is 0 Å². The first-order chi connectivity index (χ1) is 12.3. The Balaban J connectivity index is 1.69. The molecular formula is C17H23N5O3S. The van der Waals surface area contributed by atoms with Gasteiger partial charge in [-0.25, -0.2) is 8.42 Å². The van der Waals surface area contributed by atoms with E-state index in [4.69, 9.17) is 0 Å². The monoisotopic (exact) mass is 377 g/mol. The zero-order valence-corrected chi connectivity index (χ0v) is 16.0. The number of hydrogen-bond acceptors (Lipinski definition) is 5. The highest BCUT2D eigenvalue weighted by atomic mass is 32.2. The number of amides is 1. The van der Waals surface area contributed by atoms with Crippen LogP contribution in [-0.2, 0) is 29.4 Å². The van der Waals surface area contributed by atoms with E-state index in [9.17, 15) is 13.2 Å². The maximum atomic E-state index is 12.6. The number of hydrogen-bond donors (Lipinski definition) is 2. The summed E-state index contributed by atoms with van der Waals surface area (Å²) in [5, 5.41) is 10.0. The number of rotatable bonds is 5. The lowest BCUT2D eigenvalue weighted by molar-refractivity contribution is 0.0952. The van der Waals surface area contributed by atoms with Crippen LogP contribution in [0.5, 0.6) is 0 Å². The molecule has 0 spiro atoms. The molecule has 2 aromatic rings. The fourth-order valence-corrected chi connectivity index (χ4v) is 4.08. The van der Waals surface area contributed by atoms with Crippen molar-refractivity contribution >= 4 is 15.9 Å². The van der Waals surface area contributed by atoms with Gasteiger partial charge in [0.05, 0.1) is 17.5 Å². The second-order valence-electron chi connectivity index (χ2n) is 6.59. The number of H-pyrrole nitrogens is 1. The van der Waals surface area contributed by atoms with Crippen LogP contribution in [0.25, 0.3) is 0 Å². The summed E-state index contributed by atoms with van der Waals surface area (Å²) in [6.07, 6.45) is 5.60. The SMILES string of the molecule is Cc1n[nH]c(C)c1CCNC(=O)c1cncc2c1CCN(S(C)(=O)=O)C2. The fraction of sp³-hybridized carbons (Fsp3) is 0.471. The highest BCUT2D eigenvalue weighted by Gasteiger charge is 2.26. The van der Waals surface area contributed by atoms with Crippen molar-refractivity contribution in [1.29, 1.82) is 0 Å². The first kappa shape index (κ1) is 18.5. The Kier molecular flexibility index (Phi) is 5.10. The van der Waals surface area contributed by atoms with Crippen molar-refractivity contribution in [3.05, 3.63) is 46.0 Å². The normalized spacial score (nSPS) is 14.9. The highest BCUT2D eigenvalue weighted by Crippen LogP contribution is 2.23. The van der Waals surface area contributed by atoms with E-state index in [1.165, 1.54) is 10.6 Å². The first-order valence-corrected chi connectivity index (χ1v) is 10.3. The van der Waals surface area contributed by atoms with Crippen LogP contribution in [-0.4, -0.2) is 53.2 Å². The van der Waals surface area contributed by atoms with Crippen LogP contribution < -0.4 is 5.32 Å². The summed E-state index contributed by atoms with van der Waals surface area (Å²) in [5.41, 5.74) is 5.26. The largest absolute Gasteiger partial charge is 0.352 e. The van der Waals surface area contributed by atoms with E-state index in [2.05, 4.69) is 20.5 Å². The molecule has 0 bridgehead atoms. The molecule has 0 radical (unpaired) electrons. The number of sulfonamides is 1. The van der Waals surface area contributed by atoms with Gasteiger partial charge < -0.3 is 5.32 Å². The Morgan fingerprint density at radius 1 is 1.35 bits per heavy atom. The molecule has 140 valence electrons. The van der Waals surface area contributed by atoms with Gasteiger partial charge in [0, 0.05) is 37.7 Å². The molecule has 1 aliphatic heterocycles. The van der Waals surface area contributed by atoms with Crippen molar-refractivity contribution in [1.82, 2.24) is 24.8 Å². The smallest absolute Gasteiger partial charge is 0.253 e. The van der Waals surface area contributed by atoms with E-state index in [1.54, 1.807) is 12.4 Å². The van der Waals surface area contributed by atoms with Crippen LogP contribution in [0, 0.1) is 13.8 Å². The molecule has 3 rings (SSSR count). The average Bonchev–Trinajstić information content (AvgIpc) is 2.91. The number of aromatic amines is 1. The second kappa shape index (κ2) is 7.16. The van der Waals surface area contributed by atoms with Crippen molar-refractivity contribution in [2.24, 2.45) is 0 Å². The van der Waals surface area contributed by atoms with Crippen LogP contribution in [0.3, 0.4) is 0 Å². The number of fused-ring (bicyclic) bond motifs is 1. The Labute approximate surface area is 153 Å². The van der Waals surface area contributed by atoms with Crippen LogP contribution >= 0.6 is 0 Å². The third kappa shape index (κ3) is 3.78. The van der Waals surface area contributed by atoms with Crippen LogP contribution in [0.2, 0.25) is 0 Å². The van der Waals surface area contributed by atoms with E-state index in [-0.39, 0.29) is 12.5 Å². The summed E-state index contributed by atoms with van der Waals surface area (Å²) >= 11 is 0. The van der Waals surface area contributed by atoms with Gasteiger partial charge >= 0.3 is 0 Å². The molecule has 1 aliphatic rings. The Hall–Kier alpha value is -2.26. The lowest BCUT2D eigenvalue weighted by Crippen LogP contribution is -2.37. The Morgan fingerprint density at radius 3 is 2.77 bits per heavy atom. The fourth-order valence-electron chi connectivity index (χ4n) is 3.29. The van der Waals surface area contributed by atoms with Crippen molar-refractivity contribution in [3.63, 3.8) is 0 Å². The minimum absolute atomic E-state index is 0.180. The molecule has 2 N–H and O–H groups in total. The third-order valence-corrected chi connectivity index (χ3v) is 6.01. The third-order valence-electron chi connectivity index (χ3n) is 4.76. The zero-order chi connectivity index (χ0) is 18.9. The minimum Gasteiger partial charge on any atom is -0.352 e. The molecular weight excluding hydrogens is 354 g/mol. The molecule has 0 saturated carbocycles. The summed E-state index contributed by atoms with van der Waals surface area (Å²) in [7, 11) is -3.25. The quantitative estimate of drug-likeness (QED) is 0.798. The summed E-state index contributed by atoms with van der Waals surface area (Å²) in [6, 6.07) is 0. The van der Waals surface area contributed by atoms with Gasteiger partial charge in [-0.3, -0.25) is 14.9 Å². The number of nitrogens with zero attached hydrogens (tertiary/aromatic N) is 3. The van der Waals surface area contributed by atoms with Gasteiger partial charge in [-0.15, -0.1) is 0 Å². The predicted octanol–water partition coefficient (Wildman–Crippen LogP) is 0.712. The number of aryl methyl sites for hydroxylation is 2. The Morgan fingerprint density at radius 2 is 2.12 bits per heavy atom. The number of carbonyl (C=O) groups excluding carboxylic acids is 1. The van der Waals surface area contributed by atoms with Crippen molar-refractivity contribution in [2.75, 3.05) is 19.3 Å². The van der Waals surface area contributed by atoms with Gasteiger partial charge in [-0.1, -0.05) is 0 Å². The van der Waals surface area contributed by atoms with Gasteiger partial charge in [0.1, 0.15) is 0 Å². The standard InChI is InChI=1S/C17H23N5O3S/c1-11-14(12(2)21-20-11)4-6-19-17(23)16-9-18-8-13-10-22(26(3,24)25)7-5-15(13)16/h8-9H,4-7,10H2,1-3H3,(H,19,23)(H,20,21). The molecule has 0 atom stereocenters. The average molecular weight is 377 g/mol. The molecule has 0 saturated heterocycles. The maximum Gasteiger partial charge on any atom is 0.253 e. The number of pyridine rings is 1. The molecule has 1 amide bonds. The number of nitrogens with one attached hydrogen (secondary N) is 2. The molecule has 0 unspecified atom stereocenters. The van der Waals surface area contributed by atoms with Gasteiger partial charge in [-0.2, -0.15) is 9.40 Å². The molecule has 8 nitrogen and oxygen atoms in total. The van der Waals surface area contributed by atoms with E-state index >= 15 is 0 Å². The zero-order valence-electron chi connectivity index (χ0n) is 15.2. The van der Waals surface area contributed by atoms with Gasteiger partial charge in [0.2, 0.25) is 10.0 Å². The second-order valence-corrected chi connectivity index (χ2v) is 8.57. The van der Waals surface area contributed by atoms with Gasteiger partial charge in [0.15, 0.2) is 0 Å². The number of carbonyl (C=O) groups is 1. The van der Waals surface area contributed by atoms with E-state index in [0.717, 1.165) is 28.1 Å². The Bertz CT molecular complexity index is 916. The van der Waals surface area contributed by atoms with Crippen LogP contribution in [0.15, 0.2) is 12.4 Å². The molecule has 26 heavy (non-hydrogen) atoms. The summed E-state index contributed by atoms with van der Waals surface area (Å²) in [6.45, 7) is 5.03. The van der Waals surface area contributed by atoms with Crippen molar-refractivity contribution < 1.29 is 13.2 Å². The summed E-state index contributed by atoms with van der Waals surface area (Å²) in [4.78, 5) is 16.7. The first-order valence-electron chi connectivity index (χ1n) is 8.47. The molecule has 0 aromatic carbocycles. The summed E-state index contributed by atoms with van der Waals surface area (Å²) in [5.74, 6) is -0.180. The van der Waals surface area contributed by atoms with Crippen LogP contribution in [0.4, 0.5) is 0 Å². The van der Waals surface area contributed by atoms with Crippen LogP contribution in [0.1, 0.15) is 38.4 Å². The van der Waals surface area contributed by atoms with Gasteiger partial charge in [0.25, 0.3) is 5.91 Å². The van der Waals surface area contributed by atoms with Crippen molar-refractivity contribution in [2.45, 2.75) is 33.2 Å². The summed E-state index contributed by atoms with van der Waals surface area (Å²) < 4.78 is 24.9. The molecule has 3 heterocycles. The van der Waals surface area contributed by atoms with E-state index < -0.39 is 10.0 Å². The molecule has 9 heteroatoms.